The van der Waals surface area contributed by atoms with Crippen LogP contribution < -0.4 is 14.8 Å². The molecule has 188 valence electrons. The Hall–Kier alpha value is -3.77. The minimum atomic E-state index is -4.52. The highest BCUT2D eigenvalue weighted by Gasteiger charge is 2.34. The van der Waals surface area contributed by atoms with Crippen molar-refractivity contribution in [3.8, 4) is 28.6 Å². The number of aryl methyl sites for hydroxylation is 1. The number of benzene rings is 2. The van der Waals surface area contributed by atoms with Crippen LogP contribution in [-0.4, -0.2) is 63.2 Å². The summed E-state index contributed by atoms with van der Waals surface area (Å²) in [5.74, 6) is -0.733. The van der Waals surface area contributed by atoms with Gasteiger partial charge in [-0.05, 0) is 42.5 Å². The van der Waals surface area contributed by atoms with Crippen LogP contribution in [0.15, 0.2) is 48.7 Å². The van der Waals surface area contributed by atoms with Gasteiger partial charge in [0.05, 0.1) is 0 Å². The molecule has 3 aromatic rings. The van der Waals surface area contributed by atoms with Crippen molar-refractivity contribution in [3.05, 3.63) is 59.9 Å². The number of nitrogens with zero attached hydrogens (tertiary/aromatic N) is 2. The van der Waals surface area contributed by atoms with E-state index in [-0.39, 0.29) is 42.6 Å². The fourth-order valence-corrected chi connectivity index (χ4v) is 3.11. The number of aromatic carboxylic acids is 1. The molecule has 0 aliphatic carbocycles. The molecule has 1 aromatic heterocycles. The van der Waals surface area contributed by atoms with Crippen LogP contribution in [0, 0.1) is 0 Å². The van der Waals surface area contributed by atoms with Crippen molar-refractivity contribution in [2.75, 3.05) is 26.3 Å². The van der Waals surface area contributed by atoms with Gasteiger partial charge in [0.1, 0.15) is 48.0 Å². The van der Waals surface area contributed by atoms with Crippen LogP contribution in [0.5, 0.6) is 17.2 Å². The zero-order valence-electron chi connectivity index (χ0n) is 18.6. The Kier molecular flexibility index (Phi) is 8.20. The maximum absolute atomic E-state index is 12.8. The summed E-state index contributed by atoms with van der Waals surface area (Å²) in [4.78, 5) is 14.7. The Morgan fingerprint density at radius 1 is 1.14 bits per heavy atom. The Morgan fingerprint density at radius 3 is 2.46 bits per heavy atom. The van der Waals surface area contributed by atoms with Crippen molar-refractivity contribution in [2.45, 2.75) is 12.3 Å². The molecule has 2 aromatic carbocycles. The second kappa shape index (κ2) is 11.1. The molecule has 0 amide bonds. The number of carbonyl (C=O) groups is 1. The summed E-state index contributed by atoms with van der Waals surface area (Å²) in [5, 5.41) is 31.5. The number of rotatable bonds is 11. The summed E-state index contributed by atoms with van der Waals surface area (Å²) < 4.78 is 50.8. The molecule has 0 radical (unpaired) electrons. The monoisotopic (exact) mass is 495 g/mol. The minimum absolute atomic E-state index is 0.0201. The molecule has 35 heavy (non-hydrogen) atoms. The van der Waals surface area contributed by atoms with E-state index in [4.69, 9.17) is 14.6 Å². The molecule has 3 rings (SSSR count). The number of carboxylic acids is 1. The first-order valence-electron chi connectivity index (χ1n) is 10.5. The molecule has 1 unspecified atom stereocenters. The third-order valence-corrected chi connectivity index (χ3v) is 4.85. The predicted molar refractivity (Wildman–Crippen MR) is 119 cm³/mol. The summed E-state index contributed by atoms with van der Waals surface area (Å²) in [6.45, 7) is 0.736. The number of halogens is 3. The first-order valence-corrected chi connectivity index (χ1v) is 10.5. The quantitative estimate of drug-likeness (QED) is 0.299. The number of aromatic hydroxyl groups is 1. The van der Waals surface area contributed by atoms with Gasteiger partial charge in [0, 0.05) is 31.9 Å². The highest BCUT2D eigenvalue weighted by atomic mass is 19.4. The van der Waals surface area contributed by atoms with Gasteiger partial charge in [-0.25, -0.2) is 9.78 Å². The average molecular weight is 495 g/mol. The predicted octanol–water partition coefficient (Wildman–Crippen LogP) is 2.92. The van der Waals surface area contributed by atoms with Crippen LogP contribution in [0.25, 0.3) is 11.4 Å². The van der Waals surface area contributed by atoms with Gasteiger partial charge >= 0.3 is 12.1 Å². The lowest BCUT2D eigenvalue weighted by atomic mass is 10.2. The Bertz CT molecular complexity index is 1150. The average Bonchev–Trinajstić information content (AvgIpc) is 3.21. The summed E-state index contributed by atoms with van der Waals surface area (Å²) in [6.07, 6.45) is -4.44. The Morgan fingerprint density at radius 2 is 1.83 bits per heavy atom. The molecule has 1 heterocycles. The molecule has 0 saturated heterocycles. The molecule has 12 heteroatoms. The van der Waals surface area contributed by atoms with Crippen molar-refractivity contribution in [1.29, 1.82) is 0 Å². The molecular weight excluding hydrogens is 471 g/mol. The first kappa shape index (κ1) is 25.8. The molecule has 0 aliphatic rings. The zero-order valence-corrected chi connectivity index (χ0v) is 18.6. The smallest absolute Gasteiger partial charge is 0.434 e. The van der Waals surface area contributed by atoms with Crippen molar-refractivity contribution in [3.63, 3.8) is 0 Å². The van der Waals surface area contributed by atoms with Crippen molar-refractivity contribution in [2.24, 2.45) is 7.05 Å². The van der Waals surface area contributed by atoms with Gasteiger partial charge in [-0.1, -0.05) is 0 Å². The normalized spacial score (nSPS) is 12.4. The molecule has 0 bridgehead atoms. The topological polar surface area (TPSA) is 126 Å². The minimum Gasteiger partial charge on any atom is -0.507 e. The highest BCUT2D eigenvalue weighted by Crippen LogP contribution is 2.31. The van der Waals surface area contributed by atoms with E-state index < -0.39 is 23.9 Å². The number of alkyl halides is 3. The second-order valence-electron chi connectivity index (χ2n) is 7.58. The second-order valence-corrected chi connectivity index (χ2v) is 7.58. The molecule has 0 aliphatic heterocycles. The standard InChI is InChI=1S/C23H24F3N3O6/c1-29-12-20(23(24,25)26)28-21(29)14-2-4-16(5-3-14)35-13-15(30)11-27-8-9-34-17-6-7-19(31)18(10-17)22(32)33/h2-7,10,12,15,27,30-31H,8-9,11,13H2,1H3,(H,32,33). The number of hydrogen-bond acceptors (Lipinski definition) is 7. The molecule has 0 spiro atoms. The Labute approximate surface area is 198 Å². The Balaban J connectivity index is 1.39. The van der Waals surface area contributed by atoms with E-state index in [0.29, 0.717) is 17.9 Å². The highest BCUT2D eigenvalue weighted by molar-refractivity contribution is 5.91. The largest absolute Gasteiger partial charge is 0.507 e. The van der Waals surface area contributed by atoms with Gasteiger partial charge in [0.15, 0.2) is 5.69 Å². The van der Waals surface area contributed by atoms with E-state index in [9.17, 15) is 28.2 Å². The molecule has 0 fully saturated rings. The van der Waals surface area contributed by atoms with Gasteiger partial charge < -0.3 is 34.7 Å². The number of aliphatic hydroxyl groups excluding tert-OH is 1. The lowest BCUT2D eigenvalue weighted by Gasteiger charge is -2.14. The van der Waals surface area contributed by atoms with Crippen molar-refractivity contribution < 1.29 is 42.8 Å². The van der Waals surface area contributed by atoms with Crippen LogP contribution in [0.3, 0.4) is 0 Å². The molecular formula is C23H24F3N3O6. The third-order valence-electron chi connectivity index (χ3n) is 4.85. The van der Waals surface area contributed by atoms with Crippen LogP contribution in [0.4, 0.5) is 13.2 Å². The lowest BCUT2D eigenvalue weighted by Crippen LogP contribution is -2.33. The van der Waals surface area contributed by atoms with E-state index in [0.717, 1.165) is 6.20 Å². The first-order chi connectivity index (χ1) is 16.5. The summed E-state index contributed by atoms with van der Waals surface area (Å²) in [7, 11) is 1.48. The number of imidazole rings is 1. The van der Waals surface area contributed by atoms with E-state index >= 15 is 0 Å². The number of hydrogen-bond donors (Lipinski definition) is 4. The van der Waals surface area contributed by atoms with E-state index in [2.05, 4.69) is 10.3 Å². The lowest BCUT2D eigenvalue weighted by molar-refractivity contribution is -0.140. The van der Waals surface area contributed by atoms with Crippen molar-refractivity contribution in [1.82, 2.24) is 14.9 Å². The summed E-state index contributed by atoms with van der Waals surface area (Å²) in [6, 6.07) is 10.2. The van der Waals surface area contributed by atoms with Crippen LogP contribution in [0.1, 0.15) is 16.1 Å². The SMILES string of the molecule is Cn1cc(C(F)(F)F)nc1-c1ccc(OCC(O)CNCCOc2ccc(O)c(C(=O)O)c2)cc1. The molecule has 4 N–H and O–H groups in total. The van der Waals surface area contributed by atoms with E-state index in [1.165, 1.54) is 29.8 Å². The van der Waals surface area contributed by atoms with E-state index in [1.54, 1.807) is 24.3 Å². The van der Waals surface area contributed by atoms with Gasteiger partial charge in [-0.2, -0.15) is 13.2 Å². The maximum atomic E-state index is 12.8. The van der Waals surface area contributed by atoms with E-state index in [1.807, 2.05) is 0 Å². The fraction of sp³-hybridized carbons (Fsp3) is 0.304. The van der Waals surface area contributed by atoms with Gasteiger partial charge in [0.2, 0.25) is 0 Å². The van der Waals surface area contributed by atoms with Gasteiger partial charge in [-0.3, -0.25) is 0 Å². The molecule has 9 nitrogen and oxygen atoms in total. The molecule has 0 saturated carbocycles. The zero-order chi connectivity index (χ0) is 25.6. The summed E-state index contributed by atoms with van der Waals surface area (Å²) >= 11 is 0. The number of aliphatic hydroxyl groups is 1. The van der Waals surface area contributed by atoms with Gasteiger partial charge in [0.25, 0.3) is 0 Å². The van der Waals surface area contributed by atoms with Crippen molar-refractivity contribution >= 4 is 5.97 Å². The number of aromatic nitrogens is 2. The third kappa shape index (κ3) is 7.11. The number of ether oxygens (including phenoxy) is 2. The number of phenols is 1. The van der Waals surface area contributed by atoms with Gasteiger partial charge in [-0.15, -0.1) is 0 Å². The summed E-state index contributed by atoms with van der Waals surface area (Å²) in [5.41, 5.74) is -0.742. The maximum Gasteiger partial charge on any atom is 0.434 e. The number of nitrogens with one attached hydrogen (secondary N) is 1. The van der Waals surface area contributed by atoms with Crippen LogP contribution in [-0.2, 0) is 13.2 Å². The van der Waals surface area contributed by atoms with Crippen LogP contribution in [0.2, 0.25) is 0 Å². The number of carboxylic acid groups (broad SMARTS) is 1. The fourth-order valence-electron chi connectivity index (χ4n) is 3.11. The van der Waals surface area contributed by atoms with Crippen LogP contribution >= 0.6 is 0 Å². The molecule has 1 atom stereocenters.